The molecule has 0 bridgehead atoms. The highest BCUT2D eigenvalue weighted by molar-refractivity contribution is 7.09. The Hall–Kier alpha value is -0.980. The molecule has 2 atom stereocenters. The third-order valence-electron chi connectivity index (χ3n) is 3.79. The largest absolute Gasteiger partial charge is 0.347 e. The number of carbonyl (C=O) groups is 1. The number of aromatic nitrogens is 1. The molecule has 1 aliphatic heterocycles. The molecular formula is C15H26N4OS. The fourth-order valence-corrected chi connectivity index (χ4v) is 3.63. The number of rotatable bonds is 6. The molecule has 21 heavy (non-hydrogen) atoms. The molecule has 0 radical (unpaired) electrons. The first-order valence-electron chi connectivity index (χ1n) is 7.76. The fraction of sp³-hybridized carbons (Fsp3) is 0.733. The summed E-state index contributed by atoms with van der Waals surface area (Å²) in [5.74, 6) is 0.686. The Labute approximate surface area is 130 Å². The van der Waals surface area contributed by atoms with Crippen molar-refractivity contribution in [1.82, 2.24) is 15.2 Å². The van der Waals surface area contributed by atoms with Gasteiger partial charge in [0.2, 0.25) is 0 Å². The quantitative estimate of drug-likeness (QED) is 0.835. The Bertz CT molecular complexity index is 462. The standard InChI is InChI=1S/C15H26N4OS/c1-11-4-3-7-19(8-11)9-12(2)17-15(20)13-10-21-14(18-13)5-6-16/h10-12H,3-9,16H2,1-2H3,(H,17,20). The van der Waals surface area contributed by atoms with Crippen LogP contribution in [0.25, 0.3) is 0 Å². The molecule has 0 aliphatic carbocycles. The summed E-state index contributed by atoms with van der Waals surface area (Å²) >= 11 is 1.50. The summed E-state index contributed by atoms with van der Waals surface area (Å²) in [6, 6.07) is 0.141. The summed E-state index contributed by atoms with van der Waals surface area (Å²) < 4.78 is 0. The molecule has 2 rings (SSSR count). The highest BCUT2D eigenvalue weighted by Gasteiger charge is 2.19. The van der Waals surface area contributed by atoms with Gasteiger partial charge in [-0.1, -0.05) is 6.92 Å². The smallest absolute Gasteiger partial charge is 0.271 e. The average Bonchev–Trinajstić information content (AvgIpc) is 2.87. The van der Waals surface area contributed by atoms with Crippen molar-refractivity contribution in [1.29, 1.82) is 0 Å². The van der Waals surface area contributed by atoms with E-state index >= 15 is 0 Å². The summed E-state index contributed by atoms with van der Waals surface area (Å²) in [6.07, 6.45) is 3.31. The lowest BCUT2D eigenvalue weighted by molar-refractivity contribution is 0.0915. The van der Waals surface area contributed by atoms with Gasteiger partial charge in [-0.2, -0.15) is 0 Å². The van der Waals surface area contributed by atoms with E-state index in [1.807, 2.05) is 5.38 Å². The molecule has 2 heterocycles. The Balaban J connectivity index is 1.80. The van der Waals surface area contributed by atoms with E-state index in [0.717, 1.165) is 37.0 Å². The van der Waals surface area contributed by atoms with Crippen molar-refractivity contribution in [2.24, 2.45) is 11.7 Å². The molecule has 1 aromatic rings. The molecule has 118 valence electrons. The maximum absolute atomic E-state index is 12.2. The summed E-state index contributed by atoms with van der Waals surface area (Å²) in [4.78, 5) is 18.9. The van der Waals surface area contributed by atoms with Crippen LogP contribution in [-0.4, -0.2) is 48.0 Å². The van der Waals surface area contributed by atoms with Crippen LogP contribution in [-0.2, 0) is 6.42 Å². The van der Waals surface area contributed by atoms with E-state index in [2.05, 4.69) is 29.0 Å². The van der Waals surface area contributed by atoms with Gasteiger partial charge in [0, 0.05) is 30.9 Å². The highest BCUT2D eigenvalue weighted by atomic mass is 32.1. The summed E-state index contributed by atoms with van der Waals surface area (Å²) in [7, 11) is 0. The average molecular weight is 310 g/mol. The summed E-state index contributed by atoms with van der Waals surface area (Å²) in [6.45, 7) is 8.11. The zero-order valence-electron chi connectivity index (χ0n) is 13.0. The first-order valence-corrected chi connectivity index (χ1v) is 8.64. The van der Waals surface area contributed by atoms with Crippen LogP contribution >= 0.6 is 11.3 Å². The molecule has 6 heteroatoms. The van der Waals surface area contributed by atoms with E-state index < -0.39 is 0 Å². The molecule has 0 saturated carbocycles. The highest BCUT2D eigenvalue weighted by Crippen LogP contribution is 2.15. The van der Waals surface area contributed by atoms with Crippen molar-refractivity contribution in [3.05, 3.63) is 16.1 Å². The first-order chi connectivity index (χ1) is 10.1. The molecule has 2 unspecified atom stereocenters. The van der Waals surface area contributed by atoms with Crippen LogP contribution in [0.5, 0.6) is 0 Å². The number of piperidine rings is 1. The van der Waals surface area contributed by atoms with Crippen LogP contribution in [0.3, 0.4) is 0 Å². The monoisotopic (exact) mass is 310 g/mol. The number of nitrogens with two attached hydrogens (primary N) is 1. The second kappa shape index (κ2) is 7.87. The predicted octanol–water partition coefficient (Wildman–Crippen LogP) is 1.49. The van der Waals surface area contributed by atoms with Gasteiger partial charge in [0.1, 0.15) is 5.69 Å². The molecule has 5 nitrogen and oxygen atoms in total. The van der Waals surface area contributed by atoms with Gasteiger partial charge in [-0.3, -0.25) is 4.79 Å². The van der Waals surface area contributed by atoms with Gasteiger partial charge >= 0.3 is 0 Å². The lowest BCUT2D eigenvalue weighted by atomic mass is 10.00. The van der Waals surface area contributed by atoms with Crippen LogP contribution < -0.4 is 11.1 Å². The van der Waals surface area contributed by atoms with Gasteiger partial charge in [0.05, 0.1) is 5.01 Å². The number of carbonyl (C=O) groups excluding carboxylic acids is 1. The van der Waals surface area contributed by atoms with Gasteiger partial charge in [-0.15, -0.1) is 11.3 Å². The van der Waals surface area contributed by atoms with E-state index in [4.69, 9.17) is 5.73 Å². The summed E-state index contributed by atoms with van der Waals surface area (Å²) in [5, 5.41) is 5.79. The van der Waals surface area contributed by atoms with E-state index in [1.54, 1.807) is 0 Å². The topological polar surface area (TPSA) is 71.2 Å². The van der Waals surface area contributed by atoms with E-state index in [9.17, 15) is 4.79 Å². The van der Waals surface area contributed by atoms with Gasteiger partial charge < -0.3 is 16.0 Å². The lowest BCUT2D eigenvalue weighted by Crippen LogP contribution is -2.45. The third-order valence-corrected chi connectivity index (χ3v) is 4.70. The maximum Gasteiger partial charge on any atom is 0.271 e. The molecule has 0 spiro atoms. The van der Waals surface area contributed by atoms with Crippen LogP contribution in [0.4, 0.5) is 0 Å². The molecule has 1 aromatic heterocycles. The molecule has 1 fully saturated rings. The number of thiazole rings is 1. The van der Waals surface area contributed by atoms with Crippen LogP contribution in [0.15, 0.2) is 5.38 Å². The van der Waals surface area contributed by atoms with Gasteiger partial charge in [-0.05, 0) is 38.8 Å². The number of hydrogen-bond acceptors (Lipinski definition) is 5. The normalized spacial score (nSPS) is 21.2. The predicted molar refractivity (Wildman–Crippen MR) is 86.6 cm³/mol. The molecule has 3 N–H and O–H groups in total. The Kier molecular flexibility index (Phi) is 6.14. The second-order valence-electron chi connectivity index (χ2n) is 6.05. The van der Waals surface area contributed by atoms with Crippen molar-refractivity contribution in [2.45, 2.75) is 39.2 Å². The zero-order chi connectivity index (χ0) is 15.2. The number of hydrogen-bond donors (Lipinski definition) is 2. The van der Waals surface area contributed by atoms with Gasteiger partial charge in [0.25, 0.3) is 5.91 Å². The number of nitrogens with one attached hydrogen (secondary N) is 1. The first kappa shape index (κ1) is 16.4. The van der Waals surface area contributed by atoms with Crippen molar-refractivity contribution < 1.29 is 4.79 Å². The van der Waals surface area contributed by atoms with Gasteiger partial charge in [0.15, 0.2) is 0 Å². The molecule has 0 aromatic carbocycles. The van der Waals surface area contributed by atoms with Crippen LogP contribution in [0.2, 0.25) is 0 Å². The minimum atomic E-state index is -0.0768. The molecule has 1 amide bonds. The van der Waals surface area contributed by atoms with Crippen LogP contribution in [0, 0.1) is 5.92 Å². The van der Waals surface area contributed by atoms with Crippen molar-refractivity contribution in [2.75, 3.05) is 26.2 Å². The SMILES string of the molecule is CC1CCCN(CC(C)NC(=O)c2csc(CCN)n2)C1. The Morgan fingerprint density at radius 2 is 2.48 bits per heavy atom. The molecular weight excluding hydrogens is 284 g/mol. The van der Waals surface area contributed by atoms with E-state index in [1.165, 1.54) is 24.2 Å². The summed E-state index contributed by atoms with van der Waals surface area (Å²) in [5.41, 5.74) is 6.02. The second-order valence-corrected chi connectivity index (χ2v) is 6.99. The van der Waals surface area contributed by atoms with Crippen LogP contribution in [0.1, 0.15) is 42.2 Å². The van der Waals surface area contributed by atoms with Crippen molar-refractivity contribution in [3.8, 4) is 0 Å². The van der Waals surface area contributed by atoms with Gasteiger partial charge in [-0.25, -0.2) is 4.98 Å². The Morgan fingerprint density at radius 1 is 1.67 bits per heavy atom. The van der Waals surface area contributed by atoms with E-state index in [-0.39, 0.29) is 11.9 Å². The van der Waals surface area contributed by atoms with Crippen molar-refractivity contribution >= 4 is 17.2 Å². The molecule has 1 aliphatic rings. The number of likely N-dealkylation sites (tertiary alicyclic amines) is 1. The number of nitrogens with zero attached hydrogens (tertiary/aromatic N) is 2. The lowest BCUT2D eigenvalue weighted by Gasteiger charge is -2.32. The van der Waals surface area contributed by atoms with Crippen molar-refractivity contribution in [3.63, 3.8) is 0 Å². The minimum Gasteiger partial charge on any atom is -0.347 e. The van der Waals surface area contributed by atoms with E-state index in [0.29, 0.717) is 12.2 Å². The molecule has 1 saturated heterocycles. The third kappa shape index (κ3) is 5.05. The zero-order valence-corrected chi connectivity index (χ0v) is 13.8. The maximum atomic E-state index is 12.2. The fourth-order valence-electron chi connectivity index (χ4n) is 2.84. The minimum absolute atomic E-state index is 0.0768. The number of amides is 1. The Morgan fingerprint density at radius 3 is 3.19 bits per heavy atom.